The van der Waals surface area contributed by atoms with E-state index in [1.54, 1.807) is 13.2 Å². The van der Waals surface area contributed by atoms with Crippen LogP contribution in [0.1, 0.15) is 5.56 Å². The first-order chi connectivity index (χ1) is 11.6. The molecule has 1 amide bonds. The third kappa shape index (κ3) is 2.97. The first kappa shape index (κ1) is 15.7. The van der Waals surface area contributed by atoms with Crippen LogP contribution in [-0.4, -0.2) is 30.8 Å². The third-order valence-corrected chi connectivity index (χ3v) is 3.85. The van der Waals surface area contributed by atoms with E-state index in [2.05, 4.69) is 0 Å². The second kappa shape index (κ2) is 6.50. The average molecular weight is 324 g/mol. The maximum atomic E-state index is 12.7. The lowest BCUT2D eigenvalue weighted by molar-refractivity contribution is -0.126. The monoisotopic (exact) mass is 324 g/mol. The molecule has 1 heterocycles. The van der Waals surface area contributed by atoms with Crippen LogP contribution in [0.4, 0.5) is 5.69 Å². The molecule has 6 nitrogen and oxygen atoms in total. The van der Waals surface area contributed by atoms with Crippen molar-refractivity contribution in [3.05, 3.63) is 48.0 Å². The molecular weight excluding hydrogens is 308 g/mol. The van der Waals surface area contributed by atoms with E-state index in [0.717, 1.165) is 11.3 Å². The smallest absolute Gasteiger partial charge is 0.269 e. The van der Waals surface area contributed by atoms with Crippen LogP contribution in [0.15, 0.2) is 42.5 Å². The van der Waals surface area contributed by atoms with Crippen LogP contribution in [0, 0.1) is 11.3 Å². The molecule has 1 N–H and O–H groups in total. The molecule has 1 atom stereocenters. The van der Waals surface area contributed by atoms with Gasteiger partial charge in [0.2, 0.25) is 0 Å². The highest BCUT2D eigenvalue weighted by Crippen LogP contribution is 2.37. The van der Waals surface area contributed by atoms with E-state index in [9.17, 15) is 9.90 Å². The molecule has 1 aliphatic heterocycles. The van der Waals surface area contributed by atoms with Crippen molar-refractivity contribution in [2.45, 2.75) is 12.5 Å². The number of hydrogen-bond acceptors (Lipinski definition) is 5. The van der Waals surface area contributed by atoms with Crippen molar-refractivity contribution >= 4 is 11.6 Å². The number of nitrogens with zero attached hydrogens (tertiary/aromatic N) is 2. The Hall–Kier alpha value is -3.20. The van der Waals surface area contributed by atoms with E-state index in [0.29, 0.717) is 17.9 Å². The van der Waals surface area contributed by atoms with E-state index >= 15 is 0 Å². The van der Waals surface area contributed by atoms with Gasteiger partial charge in [-0.3, -0.25) is 9.69 Å². The van der Waals surface area contributed by atoms with Crippen LogP contribution in [-0.2, 0) is 11.2 Å². The van der Waals surface area contributed by atoms with Crippen molar-refractivity contribution in [3.8, 4) is 23.3 Å². The molecule has 2 aromatic rings. The lowest BCUT2D eigenvalue weighted by Crippen LogP contribution is -2.47. The summed E-state index contributed by atoms with van der Waals surface area (Å²) in [6.45, 7) is -0.0704. The lowest BCUT2D eigenvalue weighted by atomic mass is 10.0. The number of hydrogen-bond donors (Lipinski definition) is 1. The van der Waals surface area contributed by atoms with Crippen molar-refractivity contribution in [2.75, 3.05) is 18.6 Å². The molecule has 0 saturated heterocycles. The van der Waals surface area contributed by atoms with Gasteiger partial charge < -0.3 is 14.6 Å². The fourth-order valence-corrected chi connectivity index (χ4v) is 2.65. The number of ether oxygens (including phenoxy) is 2. The molecule has 0 saturated carbocycles. The van der Waals surface area contributed by atoms with Gasteiger partial charge in [-0.05, 0) is 29.8 Å². The summed E-state index contributed by atoms with van der Waals surface area (Å²) in [7, 11) is 1.59. The minimum absolute atomic E-state index is 0.0446. The van der Waals surface area contributed by atoms with Gasteiger partial charge in [0.05, 0.1) is 18.9 Å². The number of phenols is 1. The maximum Gasteiger partial charge on any atom is 0.269 e. The Kier molecular flexibility index (Phi) is 4.25. The van der Waals surface area contributed by atoms with Crippen LogP contribution in [0.2, 0.25) is 0 Å². The summed E-state index contributed by atoms with van der Waals surface area (Å²) in [6, 6.07) is 13.8. The quantitative estimate of drug-likeness (QED) is 0.872. The molecule has 0 bridgehead atoms. The summed E-state index contributed by atoms with van der Waals surface area (Å²) >= 11 is 0. The average Bonchev–Trinajstić information content (AvgIpc) is 2.59. The Bertz CT molecular complexity index is 796. The van der Waals surface area contributed by atoms with Gasteiger partial charge in [-0.15, -0.1) is 0 Å². The zero-order valence-electron chi connectivity index (χ0n) is 13.1. The van der Waals surface area contributed by atoms with Gasteiger partial charge in [0, 0.05) is 12.5 Å². The third-order valence-electron chi connectivity index (χ3n) is 3.85. The van der Waals surface area contributed by atoms with Crippen molar-refractivity contribution in [1.82, 2.24) is 0 Å². The highest BCUT2D eigenvalue weighted by molar-refractivity contribution is 6.00. The van der Waals surface area contributed by atoms with Crippen molar-refractivity contribution in [2.24, 2.45) is 0 Å². The van der Waals surface area contributed by atoms with Gasteiger partial charge in [-0.2, -0.15) is 5.26 Å². The minimum Gasteiger partial charge on any atom is -0.508 e. The molecule has 0 fully saturated rings. The summed E-state index contributed by atoms with van der Waals surface area (Å²) in [6.07, 6.45) is -0.388. The van der Waals surface area contributed by atoms with Gasteiger partial charge >= 0.3 is 0 Å². The largest absolute Gasteiger partial charge is 0.508 e. The first-order valence-electron chi connectivity index (χ1n) is 7.43. The van der Waals surface area contributed by atoms with Crippen LogP contribution < -0.4 is 14.4 Å². The van der Waals surface area contributed by atoms with Crippen molar-refractivity contribution in [3.63, 3.8) is 0 Å². The second-order valence-corrected chi connectivity index (χ2v) is 5.39. The van der Waals surface area contributed by atoms with E-state index < -0.39 is 6.10 Å². The standard InChI is InChI=1S/C18H16N2O4/c1-23-14-5-2-12(3-6-14)10-17-18(22)20(9-8-19)15-7-4-13(21)11-16(15)24-17/h2-7,11,17,21H,9-10H2,1H3. The molecule has 24 heavy (non-hydrogen) atoms. The molecule has 1 aliphatic rings. The molecule has 0 radical (unpaired) electrons. The number of aromatic hydroxyl groups is 1. The summed E-state index contributed by atoms with van der Waals surface area (Å²) in [4.78, 5) is 14.0. The fourth-order valence-electron chi connectivity index (χ4n) is 2.65. The summed E-state index contributed by atoms with van der Waals surface area (Å²) in [5.74, 6) is 0.896. The number of rotatable bonds is 4. The highest BCUT2D eigenvalue weighted by Gasteiger charge is 2.34. The first-order valence-corrected chi connectivity index (χ1v) is 7.43. The molecule has 0 spiro atoms. The number of carbonyl (C=O) groups is 1. The number of amides is 1. The molecular formula is C18H16N2O4. The molecule has 1 unspecified atom stereocenters. The van der Waals surface area contributed by atoms with E-state index in [1.807, 2.05) is 30.3 Å². The van der Waals surface area contributed by atoms with Gasteiger partial charge in [-0.25, -0.2) is 0 Å². The second-order valence-electron chi connectivity index (χ2n) is 5.39. The molecule has 122 valence electrons. The summed E-state index contributed by atoms with van der Waals surface area (Å²) < 4.78 is 10.9. The number of nitriles is 1. The maximum absolute atomic E-state index is 12.7. The van der Waals surface area contributed by atoms with Crippen LogP contribution in [0.3, 0.4) is 0 Å². The number of benzene rings is 2. The number of anilines is 1. The van der Waals surface area contributed by atoms with E-state index in [-0.39, 0.29) is 18.2 Å². The van der Waals surface area contributed by atoms with Crippen LogP contribution >= 0.6 is 0 Å². The lowest BCUT2D eigenvalue weighted by Gasteiger charge is -2.33. The number of phenolic OH excluding ortho intramolecular Hbond substituents is 1. The predicted octanol–water partition coefficient (Wildman–Crippen LogP) is 2.26. The Balaban J connectivity index is 1.88. The van der Waals surface area contributed by atoms with E-state index in [1.165, 1.54) is 17.0 Å². The Morgan fingerprint density at radius 2 is 2.04 bits per heavy atom. The molecule has 0 aromatic heterocycles. The molecule has 0 aliphatic carbocycles. The minimum atomic E-state index is -0.749. The number of methoxy groups -OCH3 is 1. The normalized spacial score (nSPS) is 16.1. The zero-order chi connectivity index (χ0) is 17.1. The SMILES string of the molecule is COc1ccc(CC2Oc3cc(O)ccc3N(CC#N)C2=O)cc1. The summed E-state index contributed by atoms with van der Waals surface area (Å²) in [5, 5.41) is 18.6. The van der Waals surface area contributed by atoms with Crippen molar-refractivity contribution in [1.29, 1.82) is 5.26 Å². The number of fused-ring (bicyclic) bond motifs is 1. The highest BCUT2D eigenvalue weighted by atomic mass is 16.5. The predicted molar refractivity (Wildman–Crippen MR) is 87.2 cm³/mol. The topological polar surface area (TPSA) is 82.8 Å². The van der Waals surface area contributed by atoms with Crippen LogP contribution in [0.25, 0.3) is 0 Å². The van der Waals surface area contributed by atoms with Gasteiger partial charge in [0.1, 0.15) is 23.8 Å². The molecule has 6 heteroatoms. The Morgan fingerprint density at radius 1 is 1.29 bits per heavy atom. The molecule has 3 rings (SSSR count). The van der Waals surface area contributed by atoms with Gasteiger partial charge in [-0.1, -0.05) is 12.1 Å². The molecule has 2 aromatic carbocycles. The van der Waals surface area contributed by atoms with Crippen molar-refractivity contribution < 1.29 is 19.4 Å². The van der Waals surface area contributed by atoms with Gasteiger partial charge in [0.25, 0.3) is 5.91 Å². The Labute approximate surface area is 139 Å². The summed E-state index contributed by atoms with van der Waals surface area (Å²) in [5.41, 5.74) is 1.40. The Morgan fingerprint density at radius 3 is 2.71 bits per heavy atom. The fraction of sp³-hybridized carbons (Fsp3) is 0.222. The van der Waals surface area contributed by atoms with Gasteiger partial charge in [0.15, 0.2) is 6.10 Å². The number of carbonyl (C=O) groups excluding carboxylic acids is 1. The van der Waals surface area contributed by atoms with Crippen LogP contribution in [0.5, 0.6) is 17.2 Å². The van der Waals surface area contributed by atoms with E-state index in [4.69, 9.17) is 14.7 Å². The zero-order valence-corrected chi connectivity index (χ0v) is 13.1.